The molecule has 2 rings (SSSR count). The highest BCUT2D eigenvalue weighted by Crippen LogP contribution is 2.10. The van der Waals surface area contributed by atoms with Gasteiger partial charge < -0.3 is 10.3 Å². The second-order valence-electron chi connectivity index (χ2n) is 3.00. The lowest BCUT2D eigenvalue weighted by Crippen LogP contribution is -2.23. The first-order valence-corrected chi connectivity index (χ1v) is 5.15. The van der Waals surface area contributed by atoms with E-state index in [0.717, 1.165) is 10.2 Å². The van der Waals surface area contributed by atoms with Gasteiger partial charge in [0.25, 0.3) is 5.91 Å². The minimum absolute atomic E-state index is 0.143. The lowest BCUT2D eigenvalue weighted by molar-refractivity contribution is 0.0946. The van der Waals surface area contributed by atoms with Gasteiger partial charge in [-0.3, -0.25) is 9.89 Å². The number of aromatic nitrogens is 3. The van der Waals surface area contributed by atoms with E-state index < -0.39 is 0 Å². The fourth-order valence-corrected chi connectivity index (χ4v) is 1.50. The summed E-state index contributed by atoms with van der Waals surface area (Å²) in [5, 5.41) is 9.30. The maximum Gasteiger partial charge on any atom is 0.268 e. The molecule has 0 aliphatic heterocycles. The van der Waals surface area contributed by atoms with Crippen molar-refractivity contribution in [3.8, 4) is 0 Å². The molecule has 0 saturated heterocycles. The third kappa shape index (κ3) is 2.47. The molecule has 0 bridgehead atoms. The highest BCUT2D eigenvalue weighted by Gasteiger charge is 2.07. The molecule has 3 N–H and O–H groups in total. The molecule has 2 aromatic heterocycles. The molecule has 0 aromatic carbocycles. The molecule has 0 spiro atoms. The summed E-state index contributed by atoms with van der Waals surface area (Å²) < 4.78 is 0.856. The van der Waals surface area contributed by atoms with Crippen molar-refractivity contribution in [1.29, 1.82) is 0 Å². The Labute approximate surface area is 94.4 Å². The van der Waals surface area contributed by atoms with Crippen LogP contribution in [0.15, 0.2) is 29.0 Å². The van der Waals surface area contributed by atoms with Crippen LogP contribution in [0.2, 0.25) is 0 Å². The van der Waals surface area contributed by atoms with Gasteiger partial charge in [0, 0.05) is 16.9 Å². The summed E-state index contributed by atoms with van der Waals surface area (Å²) in [4.78, 5) is 14.4. The fraction of sp³-hybridized carbons (Fsp3) is 0.111. The maximum absolute atomic E-state index is 11.6. The van der Waals surface area contributed by atoms with Gasteiger partial charge in [-0.25, -0.2) is 0 Å². The third-order valence-corrected chi connectivity index (χ3v) is 2.35. The van der Waals surface area contributed by atoms with Crippen LogP contribution in [0, 0.1) is 0 Å². The van der Waals surface area contributed by atoms with E-state index in [1.807, 2.05) is 6.07 Å². The molecule has 0 fully saturated rings. The zero-order valence-corrected chi connectivity index (χ0v) is 9.34. The van der Waals surface area contributed by atoms with Crippen molar-refractivity contribution in [1.82, 2.24) is 20.5 Å². The summed E-state index contributed by atoms with van der Waals surface area (Å²) in [7, 11) is 0. The molecule has 1 amide bonds. The Morgan fingerprint density at radius 3 is 3.07 bits per heavy atom. The standard InChI is InChI=1S/C9H9BrN4O/c10-6-3-8(11-4-6)9(15)12-5-7-1-2-13-14-7/h1-4,11H,5H2,(H,12,15)(H,13,14). The van der Waals surface area contributed by atoms with Gasteiger partial charge in [-0.1, -0.05) is 0 Å². The summed E-state index contributed by atoms with van der Waals surface area (Å²) in [6.07, 6.45) is 3.36. The average Bonchev–Trinajstić information content (AvgIpc) is 2.84. The van der Waals surface area contributed by atoms with Gasteiger partial charge in [0.2, 0.25) is 0 Å². The van der Waals surface area contributed by atoms with Crippen LogP contribution < -0.4 is 5.32 Å². The molecule has 0 saturated carbocycles. The van der Waals surface area contributed by atoms with Crippen LogP contribution in [0.5, 0.6) is 0 Å². The van der Waals surface area contributed by atoms with Crippen LogP contribution >= 0.6 is 15.9 Å². The van der Waals surface area contributed by atoms with E-state index in [-0.39, 0.29) is 5.91 Å². The summed E-state index contributed by atoms with van der Waals surface area (Å²) in [5.74, 6) is -0.143. The van der Waals surface area contributed by atoms with Gasteiger partial charge in [-0.2, -0.15) is 5.10 Å². The van der Waals surface area contributed by atoms with Crippen molar-refractivity contribution in [2.45, 2.75) is 6.54 Å². The monoisotopic (exact) mass is 268 g/mol. The quantitative estimate of drug-likeness (QED) is 0.788. The zero-order valence-electron chi connectivity index (χ0n) is 7.75. The van der Waals surface area contributed by atoms with E-state index in [4.69, 9.17) is 0 Å². The zero-order chi connectivity index (χ0) is 10.7. The van der Waals surface area contributed by atoms with Crippen molar-refractivity contribution in [3.05, 3.63) is 40.4 Å². The number of carbonyl (C=O) groups excluding carboxylic acids is 1. The van der Waals surface area contributed by atoms with E-state index in [9.17, 15) is 4.79 Å². The molecule has 0 aliphatic carbocycles. The smallest absolute Gasteiger partial charge is 0.268 e. The van der Waals surface area contributed by atoms with Gasteiger partial charge in [0.05, 0.1) is 12.2 Å². The first-order chi connectivity index (χ1) is 7.25. The molecule has 2 heterocycles. The minimum Gasteiger partial charge on any atom is -0.356 e. The fourth-order valence-electron chi connectivity index (χ4n) is 1.15. The highest BCUT2D eigenvalue weighted by molar-refractivity contribution is 9.10. The molecule has 78 valence electrons. The van der Waals surface area contributed by atoms with Crippen molar-refractivity contribution < 1.29 is 4.79 Å². The minimum atomic E-state index is -0.143. The number of amides is 1. The van der Waals surface area contributed by atoms with Crippen LogP contribution in [0.1, 0.15) is 16.2 Å². The molecule has 0 atom stereocenters. The van der Waals surface area contributed by atoms with E-state index in [1.54, 1.807) is 18.5 Å². The van der Waals surface area contributed by atoms with Gasteiger partial charge in [-0.05, 0) is 28.1 Å². The Bertz CT molecular complexity index is 448. The molecule has 0 radical (unpaired) electrons. The first kappa shape index (κ1) is 9.97. The highest BCUT2D eigenvalue weighted by atomic mass is 79.9. The number of carbonyl (C=O) groups is 1. The van der Waals surface area contributed by atoms with E-state index in [1.165, 1.54) is 0 Å². The van der Waals surface area contributed by atoms with Crippen LogP contribution in [0.4, 0.5) is 0 Å². The number of nitrogens with zero attached hydrogens (tertiary/aromatic N) is 1. The lowest BCUT2D eigenvalue weighted by atomic mass is 10.4. The molecule has 2 aromatic rings. The maximum atomic E-state index is 11.6. The Hall–Kier alpha value is -1.56. The number of aromatic amines is 2. The number of halogens is 1. The summed E-state index contributed by atoms with van der Waals surface area (Å²) >= 11 is 3.26. The Balaban J connectivity index is 1.93. The molecular weight excluding hydrogens is 260 g/mol. The Morgan fingerprint density at radius 1 is 1.60 bits per heavy atom. The summed E-state index contributed by atoms with van der Waals surface area (Å²) in [5.41, 5.74) is 1.40. The van der Waals surface area contributed by atoms with Gasteiger partial charge in [-0.15, -0.1) is 0 Å². The predicted octanol–water partition coefficient (Wildman–Crippen LogP) is 1.43. The van der Waals surface area contributed by atoms with Crippen LogP contribution in [-0.4, -0.2) is 21.1 Å². The number of hydrogen-bond acceptors (Lipinski definition) is 2. The van der Waals surface area contributed by atoms with E-state index >= 15 is 0 Å². The average molecular weight is 269 g/mol. The third-order valence-electron chi connectivity index (χ3n) is 1.89. The molecule has 0 aliphatic rings. The lowest BCUT2D eigenvalue weighted by Gasteiger charge is -2.00. The second-order valence-corrected chi connectivity index (χ2v) is 3.91. The van der Waals surface area contributed by atoms with Gasteiger partial charge in [0.1, 0.15) is 5.69 Å². The van der Waals surface area contributed by atoms with Crippen molar-refractivity contribution in [2.24, 2.45) is 0 Å². The number of hydrogen-bond donors (Lipinski definition) is 3. The second kappa shape index (κ2) is 4.31. The van der Waals surface area contributed by atoms with Crippen molar-refractivity contribution in [2.75, 3.05) is 0 Å². The molecule has 15 heavy (non-hydrogen) atoms. The SMILES string of the molecule is O=C(NCc1ccn[nH]1)c1cc(Br)c[nH]1. The Kier molecular flexibility index (Phi) is 2.86. The van der Waals surface area contributed by atoms with Crippen LogP contribution in [0.25, 0.3) is 0 Å². The Morgan fingerprint density at radius 2 is 2.47 bits per heavy atom. The van der Waals surface area contributed by atoms with Crippen molar-refractivity contribution in [3.63, 3.8) is 0 Å². The summed E-state index contributed by atoms with van der Waals surface area (Å²) in [6, 6.07) is 3.53. The van der Waals surface area contributed by atoms with Crippen molar-refractivity contribution >= 4 is 21.8 Å². The largest absolute Gasteiger partial charge is 0.356 e. The molecule has 6 heteroatoms. The predicted molar refractivity (Wildman–Crippen MR) is 58.3 cm³/mol. The normalized spacial score (nSPS) is 10.2. The van der Waals surface area contributed by atoms with E-state index in [2.05, 4.69) is 36.4 Å². The first-order valence-electron chi connectivity index (χ1n) is 4.36. The summed E-state index contributed by atoms with van der Waals surface area (Å²) in [6.45, 7) is 0.440. The number of rotatable bonds is 3. The molecule has 0 unspecified atom stereocenters. The topological polar surface area (TPSA) is 73.6 Å². The number of H-pyrrole nitrogens is 2. The molecule has 5 nitrogen and oxygen atoms in total. The van der Waals surface area contributed by atoms with Gasteiger partial charge >= 0.3 is 0 Å². The van der Waals surface area contributed by atoms with Crippen LogP contribution in [0.3, 0.4) is 0 Å². The van der Waals surface area contributed by atoms with Gasteiger partial charge in [0.15, 0.2) is 0 Å². The number of nitrogens with one attached hydrogen (secondary N) is 3. The van der Waals surface area contributed by atoms with Crippen LogP contribution in [-0.2, 0) is 6.54 Å². The molecular formula is C9H9BrN4O. The van der Waals surface area contributed by atoms with E-state index in [0.29, 0.717) is 12.2 Å².